The molecular formula is C14H17ClF2N2O2. The van der Waals surface area contributed by atoms with Crippen molar-refractivity contribution >= 4 is 23.3 Å². The highest BCUT2D eigenvalue weighted by molar-refractivity contribution is 6.33. The molecule has 7 heteroatoms. The van der Waals surface area contributed by atoms with Crippen molar-refractivity contribution < 1.29 is 18.7 Å². The number of hydrogen-bond acceptors (Lipinski definition) is 2. The highest BCUT2D eigenvalue weighted by Gasteiger charge is 2.26. The first-order valence-electron chi connectivity index (χ1n) is 6.84. The van der Waals surface area contributed by atoms with Crippen LogP contribution in [0.5, 0.6) is 0 Å². The Morgan fingerprint density at radius 3 is 2.71 bits per heavy atom. The van der Waals surface area contributed by atoms with E-state index in [-0.39, 0.29) is 29.3 Å². The van der Waals surface area contributed by atoms with Gasteiger partial charge in [-0.3, -0.25) is 0 Å². The molecule has 1 aromatic rings. The number of aliphatic hydroxyl groups excluding tert-OH is 1. The lowest BCUT2D eigenvalue weighted by atomic mass is 9.85. The average Bonchev–Trinajstić information content (AvgIpc) is 2.43. The highest BCUT2D eigenvalue weighted by Crippen LogP contribution is 2.27. The van der Waals surface area contributed by atoms with Gasteiger partial charge in [-0.1, -0.05) is 24.4 Å². The Bertz CT molecular complexity index is 505. The van der Waals surface area contributed by atoms with Crippen LogP contribution in [-0.2, 0) is 0 Å². The third kappa shape index (κ3) is 4.04. The molecule has 0 saturated heterocycles. The van der Waals surface area contributed by atoms with Crippen LogP contribution in [-0.4, -0.2) is 23.8 Å². The SMILES string of the molecule is O=C(Nc1c(F)cc(F)cc1Cl)NC1CCCCC1CO. The molecule has 1 fully saturated rings. The molecule has 3 N–H and O–H groups in total. The van der Waals surface area contributed by atoms with E-state index in [4.69, 9.17) is 11.6 Å². The van der Waals surface area contributed by atoms with Crippen LogP contribution in [0.2, 0.25) is 5.02 Å². The van der Waals surface area contributed by atoms with Gasteiger partial charge in [-0.05, 0) is 18.9 Å². The van der Waals surface area contributed by atoms with Gasteiger partial charge in [-0.15, -0.1) is 0 Å². The van der Waals surface area contributed by atoms with Gasteiger partial charge < -0.3 is 15.7 Å². The van der Waals surface area contributed by atoms with Gasteiger partial charge in [-0.2, -0.15) is 0 Å². The number of rotatable bonds is 3. The van der Waals surface area contributed by atoms with Crippen molar-refractivity contribution in [3.05, 3.63) is 28.8 Å². The highest BCUT2D eigenvalue weighted by atomic mass is 35.5. The number of carbonyl (C=O) groups excluding carboxylic acids is 1. The summed E-state index contributed by atoms with van der Waals surface area (Å²) in [4.78, 5) is 11.9. The van der Waals surface area contributed by atoms with Crippen molar-refractivity contribution in [2.75, 3.05) is 11.9 Å². The summed E-state index contributed by atoms with van der Waals surface area (Å²) in [5, 5.41) is 14.1. The van der Waals surface area contributed by atoms with Gasteiger partial charge in [0, 0.05) is 24.6 Å². The molecule has 0 radical (unpaired) electrons. The minimum atomic E-state index is -0.933. The van der Waals surface area contributed by atoms with E-state index in [1.165, 1.54) is 0 Å². The zero-order valence-electron chi connectivity index (χ0n) is 11.3. The lowest BCUT2D eigenvalue weighted by molar-refractivity contribution is 0.156. The number of hydrogen-bond donors (Lipinski definition) is 3. The molecule has 0 aromatic heterocycles. The Balaban J connectivity index is 2.01. The van der Waals surface area contributed by atoms with Crippen molar-refractivity contribution in [3.8, 4) is 0 Å². The Hall–Kier alpha value is -1.40. The van der Waals surface area contributed by atoms with Gasteiger partial charge in [0.2, 0.25) is 0 Å². The van der Waals surface area contributed by atoms with Crippen LogP contribution in [0.4, 0.5) is 19.3 Å². The van der Waals surface area contributed by atoms with Crippen LogP contribution >= 0.6 is 11.6 Å². The molecule has 0 spiro atoms. The van der Waals surface area contributed by atoms with E-state index in [1.54, 1.807) is 0 Å². The van der Waals surface area contributed by atoms with Crippen LogP contribution < -0.4 is 10.6 Å². The monoisotopic (exact) mass is 318 g/mol. The molecule has 116 valence electrons. The van der Waals surface area contributed by atoms with Crippen molar-refractivity contribution in [2.45, 2.75) is 31.7 Å². The molecule has 2 rings (SSSR count). The second kappa shape index (κ2) is 7.04. The maximum Gasteiger partial charge on any atom is 0.319 e. The molecule has 2 atom stereocenters. The lowest BCUT2D eigenvalue weighted by Crippen LogP contribution is -2.45. The Morgan fingerprint density at radius 2 is 2.05 bits per heavy atom. The standard InChI is InChI=1S/C14H17ClF2N2O2/c15-10-5-9(16)6-11(17)13(10)19-14(21)18-12-4-2-1-3-8(12)7-20/h5-6,8,12,20H,1-4,7H2,(H2,18,19,21). The molecule has 1 aromatic carbocycles. The maximum absolute atomic E-state index is 13.6. The topological polar surface area (TPSA) is 61.4 Å². The molecule has 1 saturated carbocycles. The lowest BCUT2D eigenvalue weighted by Gasteiger charge is -2.30. The maximum atomic E-state index is 13.6. The van der Waals surface area contributed by atoms with Crippen LogP contribution in [0.3, 0.4) is 0 Å². The van der Waals surface area contributed by atoms with Gasteiger partial charge in [0.15, 0.2) is 5.82 Å². The van der Waals surface area contributed by atoms with E-state index < -0.39 is 17.7 Å². The smallest absolute Gasteiger partial charge is 0.319 e. The predicted molar refractivity (Wildman–Crippen MR) is 76.4 cm³/mol. The quantitative estimate of drug-likeness (QED) is 0.801. The van der Waals surface area contributed by atoms with E-state index in [0.29, 0.717) is 6.07 Å². The molecule has 0 aliphatic heterocycles. The number of anilines is 1. The second-order valence-electron chi connectivity index (χ2n) is 5.18. The number of benzene rings is 1. The fourth-order valence-corrected chi connectivity index (χ4v) is 2.84. The minimum Gasteiger partial charge on any atom is -0.396 e. The molecule has 2 unspecified atom stereocenters. The van der Waals surface area contributed by atoms with Gasteiger partial charge in [-0.25, -0.2) is 13.6 Å². The Kier molecular flexibility index (Phi) is 5.36. The number of nitrogens with one attached hydrogen (secondary N) is 2. The minimum absolute atomic E-state index is 0.00182. The van der Waals surface area contributed by atoms with Crippen molar-refractivity contribution in [1.82, 2.24) is 5.32 Å². The second-order valence-corrected chi connectivity index (χ2v) is 5.58. The summed E-state index contributed by atoms with van der Waals surface area (Å²) in [5.41, 5.74) is -0.257. The molecule has 4 nitrogen and oxygen atoms in total. The van der Waals surface area contributed by atoms with Crippen LogP contribution in [0.1, 0.15) is 25.7 Å². The van der Waals surface area contributed by atoms with Gasteiger partial charge in [0.1, 0.15) is 5.82 Å². The summed E-state index contributed by atoms with van der Waals surface area (Å²) < 4.78 is 26.5. The zero-order valence-corrected chi connectivity index (χ0v) is 12.1. The average molecular weight is 319 g/mol. The Morgan fingerprint density at radius 1 is 1.33 bits per heavy atom. The van der Waals surface area contributed by atoms with Gasteiger partial charge >= 0.3 is 6.03 Å². The van der Waals surface area contributed by atoms with E-state index >= 15 is 0 Å². The number of urea groups is 1. The summed E-state index contributed by atoms with van der Waals surface area (Å²) in [7, 11) is 0. The first-order chi connectivity index (χ1) is 10.0. The summed E-state index contributed by atoms with van der Waals surface area (Å²) >= 11 is 5.72. The summed E-state index contributed by atoms with van der Waals surface area (Å²) in [6, 6.07) is 0.800. The molecule has 2 amide bonds. The third-order valence-corrected chi connectivity index (χ3v) is 4.00. The van der Waals surface area contributed by atoms with Crippen molar-refractivity contribution in [1.29, 1.82) is 0 Å². The third-order valence-electron chi connectivity index (χ3n) is 3.71. The van der Waals surface area contributed by atoms with Crippen LogP contribution in [0.25, 0.3) is 0 Å². The largest absolute Gasteiger partial charge is 0.396 e. The molecule has 1 aliphatic carbocycles. The molecule has 1 aliphatic rings. The molecule has 0 bridgehead atoms. The normalized spacial score (nSPS) is 21.9. The van der Waals surface area contributed by atoms with E-state index in [9.17, 15) is 18.7 Å². The molecule has 21 heavy (non-hydrogen) atoms. The molecular weight excluding hydrogens is 302 g/mol. The number of amides is 2. The number of halogens is 3. The van der Waals surface area contributed by atoms with Gasteiger partial charge in [0.25, 0.3) is 0 Å². The van der Waals surface area contributed by atoms with Crippen LogP contribution in [0, 0.1) is 17.6 Å². The molecule has 0 heterocycles. The Labute approximate surface area is 126 Å². The first-order valence-corrected chi connectivity index (χ1v) is 7.22. The summed E-state index contributed by atoms with van der Waals surface area (Å²) in [6.07, 6.45) is 3.59. The van der Waals surface area contributed by atoms with E-state index in [1.807, 2.05) is 0 Å². The fraction of sp³-hybridized carbons (Fsp3) is 0.500. The summed E-state index contributed by atoms with van der Waals surface area (Å²) in [5.74, 6) is -1.74. The van der Waals surface area contributed by atoms with Crippen molar-refractivity contribution in [2.24, 2.45) is 5.92 Å². The van der Waals surface area contributed by atoms with Crippen molar-refractivity contribution in [3.63, 3.8) is 0 Å². The van der Waals surface area contributed by atoms with Crippen LogP contribution in [0.15, 0.2) is 12.1 Å². The zero-order chi connectivity index (χ0) is 15.4. The fourth-order valence-electron chi connectivity index (χ4n) is 2.60. The first kappa shape index (κ1) is 16.0. The van der Waals surface area contributed by atoms with Gasteiger partial charge in [0.05, 0.1) is 10.7 Å². The number of carbonyl (C=O) groups is 1. The van der Waals surface area contributed by atoms with E-state index in [0.717, 1.165) is 31.7 Å². The predicted octanol–water partition coefficient (Wildman–Crippen LogP) is 3.29. The number of aliphatic hydroxyl groups is 1. The summed E-state index contributed by atoms with van der Waals surface area (Å²) in [6.45, 7) is -0.00336. The van der Waals surface area contributed by atoms with E-state index in [2.05, 4.69) is 10.6 Å².